The molecule has 0 bridgehead atoms. The Morgan fingerprint density at radius 3 is 2.33 bits per heavy atom. The standard InChI is InChI=1S/C17H19F3N2O2/c1-11(23)22-14-5-3-2-4-12(14)10-15(22)16(24)21-8-6-13(7-9-21)17(18,19)20/h2-5,13,15H,6-10H2,1H3/t15-/m0/s1. The molecule has 0 aliphatic carbocycles. The van der Waals surface area contributed by atoms with Crippen LogP contribution in [0.5, 0.6) is 0 Å². The summed E-state index contributed by atoms with van der Waals surface area (Å²) >= 11 is 0. The Bertz CT molecular complexity index is 651. The zero-order valence-electron chi connectivity index (χ0n) is 13.3. The van der Waals surface area contributed by atoms with Crippen LogP contribution in [0.15, 0.2) is 24.3 Å². The second-order valence-corrected chi connectivity index (χ2v) is 6.38. The summed E-state index contributed by atoms with van der Waals surface area (Å²) in [7, 11) is 0. The van der Waals surface area contributed by atoms with Gasteiger partial charge in [0.1, 0.15) is 6.04 Å². The molecule has 0 saturated carbocycles. The van der Waals surface area contributed by atoms with Gasteiger partial charge in [-0.2, -0.15) is 13.2 Å². The van der Waals surface area contributed by atoms with E-state index >= 15 is 0 Å². The molecule has 2 aliphatic heterocycles. The number of benzene rings is 1. The van der Waals surface area contributed by atoms with E-state index in [1.165, 1.54) is 16.7 Å². The number of hydrogen-bond donors (Lipinski definition) is 0. The molecule has 0 N–H and O–H groups in total. The van der Waals surface area contributed by atoms with Gasteiger partial charge in [-0.05, 0) is 24.5 Å². The lowest BCUT2D eigenvalue weighted by atomic mass is 9.95. The van der Waals surface area contributed by atoms with Gasteiger partial charge in [-0.15, -0.1) is 0 Å². The Labute approximate surface area is 138 Å². The topological polar surface area (TPSA) is 40.6 Å². The van der Waals surface area contributed by atoms with Gasteiger partial charge in [-0.1, -0.05) is 18.2 Å². The van der Waals surface area contributed by atoms with E-state index in [1.807, 2.05) is 12.1 Å². The Kier molecular flexibility index (Phi) is 4.27. The van der Waals surface area contributed by atoms with Crippen molar-refractivity contribution in [1.29, 1.82) is 0 Å². The molecule has 0 radical (unpaired) electrons. The van der Waals surface area contributed by atoms with E-state index in [2.05, 4.69) is 0 Å². The minimum absolute atomic E-state index is 0.0744. The van der Waals surface area contributed by atoms with Crippen molar-refractivity contribution in [3.05, 3.63) is 29.8 Å². The van der Waals surface area contributed by atoms with Crippen LogP contribution in [0.4, 0.5) is 18.9 Å². The average Bonchev–Trinajstić information content (AvgIpc) is 2.93. The maximum absolute atomic E-state index is 12.8. The van der Waals surface area contributed by atoms with Gasteiger partial charge in [0.15, 0.2) is 0 Å². The molecule has 130 valence electrons. The van der Waals surface area contributed by atoms with Crippen LogP contribution in [0.25, 0.3) is 0 Å². The smallest absolute Gasteiger partial charge is 0.341 e. The number of para-hydroxylation sites is 1. The summed E-state index contributed by atoms with van der Waals surface area (Å²) in [6.45, 7) is 1.57. The Morgan fingerprint density at radius 2 is 1.75 bits per heavy atom. The second-order valence-electron chi connectivity index (χ2n) is 6.38. The van der Waals surface area contributed by atoms with Crippen molar-refractivity contribution in [2.45, 2.75) is 38.4 Å². The Morgan fingerprint density at radius 1 is 1.12 bits per heavy atom. The van der Waals surface area contributed by atoms with Gasteiger partial charge in [0, 0.05) is 32.1 Å². The molecule has 0 unspecified atom stereocenters. The number of fused-ring (bicyclic) bond motifs is 1. The maximum Gasteiger partial charge on any atom is 0.391 e. The molecule has 0 spiro atoms. The van der Waals surface area contributed by atoms with Crippen molar-refractivity contribution in [3.63, 3.8) is 0 Å². The van der Waals surface area contributed by atoms with E-state index in [1.54, 1.807) is 12.1 Å². The highest BCUT2D eigenvalue weighted by molar-refractivity contribution is 6.02. The van der Waals surface area contributed by atoms with Crippen LogP contribution in [0.1, 0.15) is 25.3 Å². The molecule has 2 amide bonds. The van der Waals surface area contributed by atoms with Crippen LogP contribution in [-0.2, 0) is 16.0 Å². The molecule has 7 heteroatoms. The summed E-state index contributed by atoms with van der Waals surface area (Å²) in [4.78, 5) is 27.7. The van der Waals surface area contributed by atoms with Gasteiger partial charge >= 0.3 is 6.18 Å². The summed E-state index contributed by atoms with van der Waals surface area (Å²) in [5.41, 5.74) is 1.63. The number of alkyl halides is 3. The van der Waals surface area contributed by atoms with E-state index in [0.29, 0.717) is 12.1 Å². The Balaban J connectivity index is 1.73. The molecular weight excluding hydrogens is 321 g/mol. The number of carbonyl (C=O) groups is 2. The molecule has 1 aromatic rings. The van der Waals surface area contributed by atoms with Crippen molar-refractivity contribution < 1.29 is 22.8 Å². The third-order valence-corrected chi connectivity index (χ3v) is 4.87. The molecular formula is C17H19F3N2O2. The largest absolute Gasteiger partial charge is 0.391 e. The summed E-state index contributed by atoms with van der Waals surface area (Å²) in [6, 6.07) is 6.66. The van der Waals surface area contributed by atoms with Gasteiger partial charge in [0.25, 0.3) is 0 Å². The molecule has 3 rings (SSSR count). The minimum Gasteiger partial charge on any atom is -0.341 e. The molecule has 2 aliphatic rings. The van der Waals surface area contributed by atoms with E-state index in [9.17, 15) is 22.8 Å². The maximum atomic E-state index is 12.8. The SMILES string of the molecule is CC(=O)N1c2ccccc2C[C@H]1C(=O)N1CCC(C(F)(F)F)CC1. The van der Waals surface area contributed by atoms with E-state index in [-0.39, 0.29) is 37.7 Å². The first-order valence-corrected chi connectivity index (χ1v) is 8.02. The van der Waals surface area contributed by atoms with Gasteiger partial charge in [-0.3, -0.25) is 14.5 Å². The van der Waals surface area contributed by atoms with Crippen molar-refractivity contribution in [3.8, 4) is 0 Å². The van der Waals surface area contributed by atoms with Crippen molar-refractivity contribution in [2.24, 2.45) is 5.92 Å². The summed E-state index contributed by atoms with van der Waals surface area (Å²) in [6.07, 6.45) is -3.94. The monoisotopic (exact) mass is 340 g/mol. The zero-order chi connectivity index (χ0) is 17.5. The van der Waals surface area contributed by atoms with Crippen molar-refractivity contribution in [2.75, 3.05) is 18.0 Å². The first-order chi connectivity index (χ1) is 11.3. The Hall–Kier alpha value is -2.05. The summed E-state index contributed by atoms with van der Waals surface area (Å²) in [5.74, 6) is -1.84. The number of amides is 2. The number of halogens is 3. The number of rotatable bonds is 1. The number of carbonyl (C=O) groups excluding carboxylic acids is 2. The number of piperidine rings is 1. The van der Waals surface area contributed by atoms with E-state index < -0.39 is 18.1 Å². The van der Waals surface area contributed by atoms with E-state index in [4.69, 9.17) is 0 Å². The lowest BCUT2D eigenvalue weighted by Crippen LogP contribution is -2.52. The number of hydrogen-bond acceptors (Lipinski definition) is 2. The summed E-state index contributed by atoms with van der Waals surface area (Å²) < 4.78 is 38.3. The lowest BCUT2D eigenvalue weighted by Gasteiger charge is -2.36. The fraction of sp³-hybridized carbons (Fsp3) is 0.529. The zero-order valence-corrected chi connectivity index (χ0v) is 13.3. The molecule has 0 aromatic heterocycles. The van der Waals surface area contributed by atoms with Gasteiger partial charge in [0.2, 0.25) is 11.8 Å². The van der Waals surface area contributed by atoms with Crippen LogP contribution in [-0.4, -0.2) is 42.0 Å². The highest BCUT2D eigenvalue weighted by Gasteiger charge is 2.44. The fourth-order valence-corrected chi connectivity index (χ4v) is 3.61. The van der Waals surface area contributed by atoms with Crippen LogP contribution in [0, 0.1) is 5.92 Å². The molecule has 24 heavy (non-hydrogen) atoms. The van der Waals surface area contributed by atoms with Gasteiger partial charge < -0.3 is 4.90 Å². The first kappa shape index (κ1) is 16.8. The number of nitrogens with zero attached hydrogens (tertiary/aromatic N) is 2. The van der Waals surface area contributed by atoms with Crippen LogP contribution < -0.4 is 4.90 Å². The first-order valence-electron chi connectivity index (χ1n) is 8.02. The molecule has 1 saturated heterocycles. The number of anilines is 1. The van der Waals surface area contributed by atoms with Crippen LogP contribution >= 0.6 is 0 Å². The molecule has 4 nitrogen and oxygen atoms in total. The average molecular weight is 340 g/mol. The highest BCUT2D eigenvalue weighted by atomic mass is 19.4. The summed E-state index contributed by atoms with van der Waals surface area (Å²) in [5, 5.41) is 0. The third kappa shape index (κ3) is 2.99. The molecule has 1 fully saturated rings. The lowest BCUT2D eigenvalue weighted by molar-refractivity contribution is -0.186. The molecule has 1 aromatic carbocycles. The predicted octanol–water partition coefficient (Wildman–Crippen LogP) is 2.77. The fourth-order valence-electron chi connectivity index (χ4n) is 3.61. The van der Waals surface area contributed by atoms with Crippen LogP contribution in [0.3, 0.4) is 0 Å². The van der Waals surface area contributed by atoms with Crippen LogP contribution in [0.2, 0.25) is 0 Å². The van der Waals surface area contributed by atoms with Crippen molar-refractivity contribution in [1.82, 2.24) is 4.90 Å². The highest BCUT2D eigenvalue weighted by Crippen LogP contribution is 2.36. The molecule has 2 heterocycles. The number of likely N-dealkylation sites (tertiary alicyclic amines) is 1. The van der Waals surface area contributed by atoms with Crippen molar-refractivity contribution >= 4 is 17.5 Å². The van der Waals surface area contributed by atoms with Gasteiger partial charge in [-0.25, -0.2) is 0 Å². The van der Waals surface area contributed by atoms with Gasteiger partial charge in [0.05, 0.1) is 5.92 Å². The minimum atomic E-state index is -4.20. The molecule has 1 atom stereocenters. The van der Waals surface area contributed by atoms with E-state index in [0.717, 1.165) is 5.56 Å². The third-order valence-electron chi connectivity index (χ3n) is 4.87. The second kappa shape index (κ2) is 6.11. The predicted molar refractivity (Wildman–Crippen MR) is 82.5 cm³/mol. The quantitative estimate of drug-likeness (QED) is 0.789. The normalized spacial score (nSPS) is 21.8.